The van der Waals surface area contributed by atoms with Crippen molar-refractivity contribution >= 4 is 21.8 Å². The van der Waals surface area contributed by atoms with Gasteiger partial charge in [0.1, 0.15) is 11.8 Å². The Morgan fingerprint density at radius 1 is 1.10 bits per heavy atom. The molecular formula is C21H20BrN5O2. The van der Waals surface area contributed by atoms with Gasteiger partial charge >= 0.3 is 0 Å². The minimum absolute atomic E-state index is 0.117. The summed E-state index contributed by atoms with van der Waals surface area (Å²) >= 11 is 3.37. The molecule has 148 valence electrons. The van der Waals surface area contributed by atoms with Crippen molar-refractivity contribution in [3.8, 4) is 17.3 Å². The number of nitrogens with zero attached hydrogens (tertiary/aromatic N) is 5. The summed E-state index contributed by atoms with van der Waals surface area (Å²) in [6.45, 7) is 2.65. The van der Waals surface area contributed by atoms with Gasteiger partial charge in [-0.3, -0.25) is 9.78 Å². The van der Waals surface area contributed by atoms with E-state index in [9.17, 15) is 4.79 Å². The molecule has 0 aliphatic carbocycles. The lowest BCUT2D eigenvalue weighted by Crippen LogP contribution is -2.51. The molecule has 1 amide bonds. The first kappa shape index (κ1) is 19.4. The van der Waals surface area contributed by atoms with Gasteiger partial charge in [0.15, 0.2) is 5.82 Å². The second-order valence-corrected chi connectivity index (χ2v) is 7.74. The zero-order valence-electron chi connectivity index (χ0n) is 15.9. The molecule has 0 radical (unpaired) electrons. The van der Waals surface area contributed by atoms with Crippen molar-refractivity contribution in [1.29, 1.82) is 0 Å². The molecule has 1 aliphatic rings. The number of amides is 1. The second-order valence-electron chi connectivity index (χ2n) is 6.82. The van der Waals surface area contributed by atoms with E-state index in [1.165, 1.54) is 0 Å². The predicted octanol–water partition coefficient (Wildman–Crippen LogP) is 3.77. The van der Waals surface area contributed by atoms with Gasteiger partial charge in [-0.1, -0.05) is 0 Å². The molecular weight excluding hydrogens is 434 g/mol. The van der Waals surface area contributed by atoms with Crippen molar-refractivity contribution in [3.63, 3.8) is 0 Å². The van der Waals surface area contributed by atoms with Crippen molar-refractivity contribution in [1.82, 2.24) is 24.8 Å². The summed E-state index contributed by atoms with van der Waals surface area (Å²) in [6.07, 6.45) is 8.20. The highest BCUT2D eigenvalue weighted by atomic mass is 79.9. The second kappa shape index (κ2) is 8.65. The number of aromatic nitrogens is 4. The fourth-order valence-electron chi connectivity index (χ4n) is 3.47. The number of ether oxygens (including phenoxy) is 1. The highest BCUT2D eigenvalue weighted by Gasteiger charge is 2.34. The summed E-state index contributed by atoms with van der Waals surface area (Å²) in [5.41, 5.74) is 0.982. The molecule has 4 rings (SSSR count). The van der Waals surface area contributed by atoms with Crippen LogP contribution in [0.25, 0.3) is 11.4 Å². The van der Waals surface area contributed by atoms with Crippen LogP contribution < -0.4 is 4.74 Å². The molecule has 0 N–H and O–H groups in total. The Morgan fingerprint density at radius 3 is 2.66 bits per heavy atom. The molecule has 0 unspecified atom stereocenters. The molecule has 0 spiro atoms. The monoisotopic (exact) mass is 453 g/mol. The first-order valence-corrected chi connectivity index (χ1v) is 10.2. The van der Waals surface area contributed by atoms with Gasteiger partial charge in [-0.25, -0.2) is 15.0 Å². The lowest BCUT2D eigenvalue weighted by molar-refractivity contribution is 0.0262. The van der Waals surface area contributed by atoms with Gasteiger partial charge in [-0.2, -0.15) is 0 Å². The molecule has 1 fully saturated rings. The molecule has 8 heteroatoms. The third kappa shape index (κ3) is 4.27. The minimum atomic E-state index is -0.141. The Balaban J connectivity index is 1.57. The number of hydrogen-bond acceptors (Lipinski definition) is 6. The summed E-state index contributed by atoms with van der Waals surface area (Å²) in [6, 6.07) is 8.94. The van der Waals surface area contributed by atoms with Crippen LogP contribution in [-0.4, -0.2) is 49.4 Å². The molecule has 1 saturated heterocycles. The Labute approximate surface area is 177 Å². The summed E-state index contributed by atoms with van der Waals surface area (Å²) < 4.78 is 6.98. The van der Waals surface area contributed by atoms with Gasteiger partial charge < -0.3 is 9.64 Å². The predicted molar refractivity (Wildman–Crippen MR) is 111 cm³/mol. The van der Waals surface area contributed by atoms with E-state index in [4.69, 9.17) is 4.74 Å². The molecule has 1 aliphatic heterocycles. The lowest BCUT2D eigenvalue weighted by atomic mass is 9.99. The number of likely N-dealkylation sites (tertiary alicyclic amines) is 1. The third-order valence-electron chi connectivity index (χ3n) is 4.97. The van der Waals surface area contributed by atoms with Gasteiger partial charge in [-0.05, 0) is 60.0 Å². The number of rotatable bonds is 4. The van der Waals surface area contributed by atoms with E-state index in [2.05, 4.69) is 35.9 Å². The fraction of sp³-hybridized carbons (Fsp3) is 0.286. The van der Waals surface area contributed by atoms with Gasteiger partial charge in [0.2, 0.25) is 5.88 Å². The SMILES string of the molecule is C[C@H]1[C@H](Oc2ccc(Br)cn2)CCCN1C(=O)c1ncccc1-c1ncccn1. The number of carbonyl (C=O) groups is 1. The normalized spacial score (nSPS) is 19.0. The summed E-state index contributed by atoms with van der Waals surface area (Å²) in [5.74, 6) is 0.897. The fourth-order valence-corrected chi connectivity index (χ4v) is 3.70. The van der Waals surface area contributed by atoms with Crippen LogP contribution in [0.2, 0.25) is 0 Å². The van der Waals surface area contributed by atoms with E-state index < -0.39 is 0 Å². The van der Waals surface area contributed by atoms with E-state index >= 15 is 0 Å². The van der Waals surface area contributed by atoms with Gasteiger partial charge in [0.25, 0.3) is 5.91 Å². The van der Waals surface area contributed by atoms with Crippen LogP contribution >= 0.6 is 15.9 Å². The molecule has 2 atom stereocenters. The van der Waals surface area contributed by atoms with Crippen LogP contribution in [0.3, 0.4) is 0 Å². The highest BCUT2D eigenvalue weighted by Crippen LogP contribution is 2.26. The number of hydrogen-bond donors (Lipinski definition) is 0. The standard InChI is InChI=1S/C21H20BrN5O2/c1-14-17(29-18-8-7-15(22)13-26-18)6-3-12-27(14)21(28)19-16(5-2-9-23-19)20-24-10-4-11-25-20/h2,4-5,7-11,13-14,17H,3,6,12H2,1H3/t14-,17+/m0/s1. The first-order valence-electron chi connectivity index (χ1n) is 9.45. The van der Waals surface area contributed by atoms with Gasteiger partial charge in [0, 0.05) is 41.9 Å². The van der Waals surface area contributed by atoms with Gasteiger partial charge in [-0.15, -0.1) is 0 Å². The Morgan fingerprint density at radius 2 is 1.90 bits per heavy atom. The van der Waals surface area contributed by atoms with Crippen LogP contribution in [0.5, 0.6) is 5.88 Å². The van der Waals surface area contributed by atoms with Crippen molar-refractivity contribution in [2.75, 3.05) is 6.54 Å². The minimum Gasteiger partial charge on any atom is -0.472 e. The van der Waals surface area contributed by atoms with Crippen LogP contribution in [0, 0.1) is 0 Å². The smallest absolute Gasteiger partial charge is 0.273 e. The Kier molecular flexibility index (Phi) is 5.80. The first-order chi connectivity index (χ1) is 14.1. The summed E-state index contributed by atoms with van der Waals surface area (Å²) in [7, 11) is 0. The van der Waals surface area contributed by atoms with Crippen molar-refractivity contribution in [2.24, 2.45) is 0 Å². The van der Waals surface area contributed by atoms with Crippen LogP contribution in [0.1, 0.15) is 30.3 Å². The average molecular weight is 454 g/mol. The maximum absolute atomic E-state index is 13.4. The van der Waals surface area contributed by atoms with E-state index in [0.717, 1.165) is 17.3 Å². The topological polar surface area (TPSA) is 81.1 Å². The van der Waals surface area contributed by atoms with Crippen molar-refractivity contribution in [2.45, 2.75) is 31.9 Å². The molecule has 7 nitrogen and oxygen atoms in total. The maximum atomic E-state index is 13.4. The van der Waals surface area contributed by atoms with Crippen LogP contribution in [0.4, 0.5) is 0 Å². The zero-order chi connectivity index (χ0) is 20.2. The highest BCUT2D eigenvalue weighted by molar-refractivity contribution is 9.10. The number of piperidine rings is 1. The van der Waals surface area contributed by atoms with Gasteiger partial charge in [0.05, 0.1) is 11.6 Å². The number of pyridine rings is 2. The number of carbonyl (C=O) groups excluding carboxylic acids is 1. The molecule has 0 bridgehead atoms. The Hall–Kier alpha value is -2.87. The van der Waals surface area contributed by atoms with E-state index in [1.54, 1.807) is 36.9 Å². The molecule has 0 aromatic carbocycles. The van der Waals surface area contributed by atoms with Crippen LogP contribution in [-0.2, 0) is 0 Å². The molecule has 3 aromatic heterocycles. The quantitative estimate of drug-likeness (QED) is 0.597. The third-order valence-corrected chi connectivity index (χ3v) is 5.44. The lowest BCUT2D eigenvalue weighted by Gasteiger charge is -2.39. The zero-order valence-corrected chi connectivity index (χ0v) is 17.5. The molecule has 29 heavy (non-hydrogen) atoms. The average Bonchev–Trinajstić information content (AvgIpc) is 2.77. The Bertz CT molecular complexity index is 984. The number of halogens is 1. The maximum Gasteiger partial charge on any atom is 0.273 e. The largest absolute Gasteiger partial charge is 0.472 e. The van der Waals surface area contributed by atoms with Crippen molar-refractivity contribution < 1.29 is 9.53 Å². The molecule has 0 saturated carbocycles. The summed E-state index contributed by atoms with van der Waals surface area (Å²) in [5, 5.41) is 0. The van der Waals surface area contributed by atoms with E-state index in [0.29, 0.717) is 29.5 Å². The molecule has 3 aromatic rings. The van der Waals surface area contributed by atoms with Crippen LogP contribution in [0.15, 0.2) is 59.6 Å². The summed E-state index contributed by atoms with van der Waals surface area (Å²) in [4.78, 5) is 32.4. The van der Waals surface area contributed by atoms with Crippen molar-refractivity contribution in [3.05, 3.63) is 65.3 Å². The molecule has 4 heterocycles. The van der Waals surface area contributed by atoms with E-state index in [1.807, 2.05) is 30.0 Å². The van der Waals surface area contributed by atoms with E-state index in [-0.39, 0.29) is 18.1 Å².